The fourth-order valence-electron chi connectivity index (χ4n) is 1.53. The maximum Gasteiger partial charge on any atom is 0.261 e. The maximum absolute atomic E-state index is 11.9. The Kier molecular flexibility index (Phi) is 5.49. The Labute approximate surface area is 111 Å². The Morgan fingerprint density at radius 1 is 1.65 bits per heavy atom. The van der Waals surface area contributed by atoms with Crippen LogP contribution in [0, 0.1) is 0 Å². The highest BCUT2D eigenvalue weighted by atomic mass is 32.2. The molecule has 1 atom stereocenters. The van der Waals surface area contributed by atoms with Gasteiger partial charge in [-0.2, -0.15) is 11.8 Å². The monoisotopic (exact) mass is 273 g/mol. The Bertz CT molecular complexity index is 374. The first-order valence-corrected chi connectivity index (χ1v) is 7.83. The first-order chi connectivity index (χ1) is 8.00. The summed E-state index contributed by atoms with van der Waals surface area (Å²) in [5.74, 6) is 0.525. The fraction of sp³-hybridized carbons (Fsp3) is 0.583. The summed E-state index contributed by atoms with van der Waals surface area (Å²) in [5.41, 5.74) is 0.218. The lowest BCUT2D eigenvalue weighted by molar-refractivity contribution is 0.0727. The highest BCUT2D eigenvalue weighted by molar-refractivity contribution is 7.98. The van der Waals surface area contributed by atoms with Crippen LogP contribution in [0.3, 0.4) is 0 Å². The smallest absolute Gasteiger partial charge is 0.261 e. The molecule has 1 aromatic heterocycles. The standard InChI is InChI=1S/C12H19NO2S2/c1-4-9-5-6-17-10(9)11(14)13-7-12(2,15)8-16-3/h5-6,15H,4,7-8H2,1-3H3,(H,13,14)/t12-/m1/s1. The SMILES string of the molecule is CCc1ccsc1C(=O)NC[C@@](C)(O)CSC. The predicted molar refractivity (Wildman–Crippen MR) is 75.0 cm³/mol. The van der Waals surface area contributed by atoms with Crippen LogP contribution in [-0.4, -0.2) is 35.2 Å². The zero-order chi connectivity index (χ0) is 12.9. The number of hydrogen-bond acceptors (Lipinski definition) is 4. The average molecular weight is 273 g/mol. The molecule has 2 N–H and O–H groups in total. The molecule has 1 aromatic rings. The van der Waals surface area contributed by atoms with E-state index in [0.29, 0.717) is 5.75 Å². The molecule has 17 heavy (non-hydrogen) atoms. The Balaban J connectivity index is 2.56. The minimum Gasteiger partial charge on any atom is -0.387 e. The van der Waals surface area contributed by atoms with Crippen LogP contribution in [0.15, 0.2) is 11.4 Å². The number of thiophene rings is 1. The molecule has 1 heterocycles. The van der Waals surface area contributed by atoms with Crippen LogP contribution < -0.4 is 5.32 Å². The maximum atomic E-state index is 11.9. The quantitative estimate of drug-likeness (QED) is 0.835. The Morgan fingerprint density at radius 2 is 2.35 bits per heavy atom. The normalized spacial score (nSPS) is 14.4. The van der Waals surface area contributed by atoms with Crippen LogP contribution >= 0.6 is 23.1 Å². The van der Waals surface area contributed by atoms with Gasteiger partial charge in [0.15, 0.2) is 0 Å². The van der Waals surface area contributed by atoms with Crippen molar-refractivity contribution in [3.05, 3.63) is 21.9 Å². The van der Waals surface area contributed by atoms with Crippen molar-refractivity contribution >= 4 is 29.0 Å². The number of carbonyl (C=O) groups excluding carboxylic acids is 1. The van der Waals surface area contributed by atoms with Gasteiger partial charge >= 0.3 is 0 Å². The Morgan fingerprint density at radius 3 is 2.94 bits per heavy atom. The molecular weight excluding hydrogens is 254 g/mol. The van der Waals surface area contributed by atoms with Gasteiger partial charge in [0, 0.05) is 12.3 Å². The van der Waals surface area contributed by atoms with Gasteiger partial charge in [0.2, 0.25) is 0 Å². The molecule has 0 saturated heterocycles. The van der Waals surface area contributed by atoms with Gasteiger partial charge in [-0.05, 0) is 36.6 Å². The Hall–Kier alpha value is -0.520. The summed E-state index contributed by atoms with van der Waals surface area (Å²) in [6.45, 7) is 4.05. The number of aliphatic hydroxyl groups is 1. The molecule has 0 aliphatic heterocycles. The van der Waals surface area contributed by atoms with Crippen molar-refractivity contribution in [2.24, 2.45) is 0 Å². The molecule has 1 amide bonds. The molecule has 3 nitrogen and oxygen atoms in total. The molecule has 0 fully saturated rings. The number of carbonyl (C=O) groups is 1. The molecule has 0 bridgehead atoms. The second-order valence-electron chi connectivity index (χ2n) is 4.24. The molecule has 1 rings (SSSR count). The van der Waals surface area contributed by atoms with Gasteiger partial charge in [0.1, 0.15) is 0 Å². The lowest BCUT2D eigenvalue weighted by Gasteiger charge is -2.22. The minimum absolute atomic E-state index is 0.0850. The number of thioether (sulfide) groups is 1. The van der Waals surface area contributed by atoms with E-state index in [1.54, 1.807) is 18.7 Å². The van der Waals surface area contributed by atoms with Gasteiger partial charge in [0.05, 0.1) is 10.5 Å². The molecule has 0 saturated carbocycles. The summed E-state index contributed by atoms with van der Waals surface area (Å²) in [6.07, 6.45) is 2.79. The molecule has 96 valence electrons. The van der Waals surface area contributed by atoms with Crippen LogP contribution in [-0.2, 0) is 6.42 Å². The third kappa shape index (κ3) is 4.33. The number of aryl methyl sites for hydroxylation is 1. The molecule has 0 aliphatic carbocycles. The first-order valence-electron chi connectivity index (χ1n) is 5.56. The summed E-state index contributed by atoms with van der Waals surface area (Å²) in [6, 6.07) is 1.97. The topological polar surface area (TPSA) is 49.3 Å². The molecular formula is C12H19NO2S2. The van der Waals surface area contributed by atoms with Crippen molar-refractivity contribution < 1.29 is 9.90 Å². The zero-order valence-electron chi connectivity index (χ0n) is 10.4. The molecule has 0 spiro atoms. The van der Waals surface area contributed by atoms with Crippen molar-refractivity contribution in [2.75, 3.05) is 18.6 Å². The van der Waals surface area contributed by atoms with Crippen LogP contribution in [0.25, 0.3) is 0 Å². The van der Waals surface area contributed by atoms with Crippen molar-refractivity contribution in [1.82, 2.24) is 5.32 Å². The second-order valence-corrected chi connectivity index (χ2v) is 6.02. The van der Waals surface area contributed by atoms with Crippen LogP contribution in [0.1, 0.15) is 29.1 Å². The van der Waals surface area contributed by atoms with Gasteiger partial charge in [-0.3, -0.25) is 4.79 Å². The van der Waals surface area contributed by atoms with Gasteiger partial charge in [-0.1, -0.05) is 6.92 Å². The largest absolute Gasteiger partial charge is 0.387 e. The number of amides is 1. The lowest BCUT2D eigenvalue weighted by Crippen LogP contribution is -2.42. The summed E-state index contributed by atoms with van der Waals surface area (Å²) >= 11 is 3.01. The van der Waals surface area contributed by atoms with Gasteiger partial charge in [-0.25, -0.2) is 0 Å². The number of nitrogens with one attached hydrogen (secondary N) is 1. The van der Waals surface area contributed by atoms with E-state index in [0.717, 1.165) is 16.9 Å². The van der Waals surface area contributed by atoms with Crippen LogP contribution in [0.5, 0.6) is 0 Å². The fourth-order valence-corrected chi connectivity index (χ4v) is 3.16. The van der Waals surface area contributed by atoms with E-state index >= 15 is 0 Å². The molecule has 0 aromatic carbocycles. The average Bonchev–Trinajstić information content (AvgIpc) is 2.74. The van der Waals surface area contributed by atoms with Crippen LogP contribution in [0.4, 0.5) is 0 Å². The zero-order valence-corrected chi connectivity index (χ0v) is 12.1. The van der Waals surface area contributed by atoms with Gasteiger partial charge < -0.3 is 10.4 Å². The van der Waals surface area contributed by atoms with E-state index < -0.39 is 5.60 Å². The third-order valence-electron chi connectivity index (χ3n) is 2.42. The predicted octanol–water partition coefficient (Wildman–Crippen LogP) is 2.15. The summed E-state index contributed by atoms with van der Waals surface area (Å²) in [4.78, 5) is 12.7. The summed E-state index contributed by atoms with van der Waals surface area (Å²) in [7, 11) is 0. The summed E-state index contributed by atoms with van der Waals surface area (Å²) in [5, 5.41) is 14.7. The molecule has 0 unspecified atom stereocenters. The van der Waals surface area contributed by atoms with E-state index in [9.17, 15) is 9.90 Å². The number of hydrogen-bond donors (Lipinski definition) is 2. The van der Waals surface area contributed by atoms with Crippen molar-refractivity contribution in [3.8, 4) is 0 Å². The van der Waals surface area contributed by atoms with Crippen LogP contribution in [0.2, 0.25) is 0 Å². The number of rotatable bonds is 6. The highest BCUT2D eigenvalue weighted by Gasteiger charge is 2.21. The van der Waals surface area contributed by atoms with E-state index in [1.165, 1.54) is 11.3 Å². The second kappa shape index (κ2) is 6.42. The van der Waals surface area contributed by atoms with E-state index in [2.05, 4.69) is 5.32 Å². The van der Waals surface area contributed by atoms with E-state index in [1.807, 2.05) is 24.6 Å². The molecule has 5 heteroatoms. The molecule has 0 radical (unpaired) electrons. The van der Waals surface area contributed by atoms with Gasteiger partial charge in [0.25, 0.3) is 5.91 Å². The summed E-state index contributed by atoms with van der Waals surface area (Å²) < 4.78 is 0. The van der Waals surface area contributed by atoms with Crippen molar-refractivity contribution in [2.45, 2.75) is 25.9 Å². The van der Waals surface area contributed by atoms with Gasteiger partial charge in [-0.15, -0.1) is 11.3 Å². The van der Waals surface area contributed by atoms with Crippen molar-refractivity contribution in [3.63, 3.8) is 0 Å². The third-order valence-corrected chi connectivity index (χ3v) is 4.28. The highest BCUT2D eigenvalue weighted by Crippen LogP contribution is 2.17. The molecule has 0 aliphatic rings. The van der Waals surface area contributed by atoms with E-state index in [-0.39, 0.29) is 12.5 Å². The van der Waals surface area contributed by atoms with Crippen molar-refractivity contribution in [1.29, 1.82) is 0 Å². The minimum atomic E-state index is -0.848. The lowest BCUT2D eigenvalue weighted by atomic mass is 10.1. The first kappa shape index (κ1) is 14.5. The van der Waals surface area contributed by atoms with E-state index in [4.69, 9.17) is 0 Å².